The summed E-state index contributed by atoms with van der Waals surface area (Å²) in [5, 5.41) is 8.10. The second-order valence-electron chi connectivity index (χ2n) is 4.27. The van der Waals surface area contributed by atoms with Gasteiger partial charge in [0.1, 0.15) is 5.82 Å². The van der Waals surface area contributed by atoms with Crippen LogP contribution in [0.5, 0.6) is 0 Å². The standard InChI is InChI=1S/C12H15N3S/c1-2-4-11-10(3-1)12(15-16-11)14-8-9-5-6-13-7-9/h1-4,9,13H,5-8H2,(H,14,15). The van der Waals surface area contributed by atoms with Crippen LogP contribution in [0.3, 0.4) is 0 Å². The predicted octanol–water partition coefficient (Wildman–Crippen LogP) is 2.32. The van der Waals surface area contributed by atoms with Crippen molar-refractivity contribution in [3.8, 4) is 0 Å². The molecule has 0 radical (unpaired) electrons. The van der Waals surface area contributed by atoms with E-state index in [1.54, 1.807) is 11.5 Å². The molecule has 16 heavy (non-hydrogen) atoms. The third-order valence-corrected chi connectivity index (χ3v) is 3.92. The van der Waals surface area contributed by atoms with Gasteiger partial charge in [-0.2, -0.15) is 4.37 Å². The number of fused-ring (bicyclic) bond motifs is 1. The minimum atomic E-state index is 0.750. The van der Waals surface area contributed by atoms with Crippen LogP contribution in [0, 0.1) is 5.92 Å². The van der Waals surface area contributed by atoms with Crippen LogP contribution in [0.2, 0.25) is 0 Å². The molecule has 0 bridgehead atoms. The first-order valence-electron chi connectivity index (χ1n) is 5.72. The number of benzene rings is 1. The van der Waals surface area contributed by atoms with Gasteiger partial charge in [0, 0.05) is 11.9 Å². The molecule has 1 unspecified atom stereocenters. The highest BCUT2D eigenvalue weighted by Gasteiger charge is 2.14. The van der Waals surface area contributed by atoms with Crippen molar-refractivity contribution in [2.24, 2.45) is 5.92 Å². The molecule has 0 amide bonds. The third kappa shape index (κ3) is 1.90. The smallest absolute Gasteiger partial charge is 0.147 e. The van der Waals surface area contributed by atoms with Crippen LogP contribution < -0.4 is 10.6 Å². The minimum absolute atomic E-state index is 0.750. The van der Waals surface area contributed by atoms with Gasteiger partial charge in [0.2, 0.25) is 0 Å². The van der Waals surface area contributed by atoms with E-state index >= 15 is 0 Å². The van der Waals surface area contributed by atoms with Crippen molar-refractivity contribution >= 4 is 27.4 Å². The maximum atomic E-state index is 4.47. The highest BCUT2D eigenvalue weighted by Crippen LogP contribution is 2.26. The fraction of sp³-hybridized carbons (Fsp3) is 0.417. The lowest BCUT2D eigenvalue weighted by atomic mass is 10.1. The third-order valence-electron chi connectivity index (χ3n) is 3.10. The molecule has 0 spiro atoms. The van der Waals surface area contributed by atoms with Gasteiger partial charge in [0.15, 0.2) is 0 Å². The molecule has 1 fully saturated rings. The normalized spacial score (nSPS) is 20.4. The second-order valence-corrected chi connectivity index (χ2v) is 5.07. The van der Waals surface area contributed by atoms with Crippen molar-refractivity contribution in [1.29, 1.82) is 0 Å². The molecule has 4 heteroatoms. The van der Waals surface area contributed by atoms with Gasteiger partial charge in [-0.15, -0.1) is 0 Å². The predicted molar refractivity (Wildman–Crippen MR) is 69.1 cm³/mol. The summed E-state index contributed by atoms with van der Waals surface area (Å²) in [5.41, 5.74) is 0. The highest BCUT2D eigenvalue weighted by atomic mass is 32.1. The molecule has 1 aliphatic heterocycles. The minimum Gasteiger partial charge on any atom is -0.368 e. The topological polar surface area (TPSA) is 37.0 Å². The van der Waals surface area contributed by atoms with Crippen molar-refractivity contribution in [3.05, 3.63) is 24.3 Å². The molecule has 2 aromatic rings. The number of nitrogens with zero attached hydrogens (tertiary/aromatic N) is 1. The molecular weight excluding hydrogens is 218 g/mol. The molecule has 3 rings (SSSR count). The quantitative estimate of drug-likeness (QED) is 0.854. The van der Waals surface area contributed by atoms with Crippen molar-refractivity contribution < 1.29 is 0 Å². The summed E-state index contributed by atoms with van der Waals surface area (Å²) in [7, 11) is 0. The first-order chi connectivity index (χ1) is 7.93. The molecule has 0 aliphatic carbocycles. The Hall–Kier alpha value is -1.13. The van der Waals surface area contributed by atoms with Gasteiger partial charge in [-0.3, -0.25) is 0 Å². The Labute approximate surface area is 99.0 Å². The summed E-state index contributed by atoms with van der Waals surface area (Å²) in [6, 6.07) is 8.38. The van der Waals surface area contributed by atoms with Crippen LogP contribution in [-0.2, 0) is 0 Å². The van der Waals surface area contributed by atoms with Crippen molar-refractivity contribution in [2.75, 3.05) is 25.0 Å². The van der Waals surface area contributed by atoms with E-state index in [1.165, 1.54) is 16.5 Å². The molecule has 0 saturated carbocycles. The Morgan fingerprint density at radius 3 is 3.25 bits per heavy atom. The lowest BCUT2D eigenvalue weighted by Gasteiger charge is -2.09. The van der Waals surface area contributed by atoms with Gasteiger partial charge in [-0.05, 0) is 49.1 Å². The van der Waals surface area contributed by atoms with Crippen LogP contribution in [0.1, 0.15) is 6.42 Å². The zero-order valence-electron chi connectivity index (χ0n) is 9.07. The second kappa shape index (κ2) is 4.39. The summed E-state index contributed by atoms with van der Waals surface area (Å²) in [6.45, 7) is 3.32. The molecule has 2 heterocycles. The molecule has 1 aromatic carbocycles. The van der Waals surface area contributed by atoms with Gasteiger partial charge in [0.25, 0.3) is 0 Å². The number of aromatic nitrogens is 1. The van der Waals surface area contributed by atoms with Crippen molar-refractivity contribution in [1.82, 2.24) is 9.69 Å². The van der Waals surface area contributed by atoms with E-state index in [-0.39, 0.29) is 0 Å². The van der Waals surface area contributed by atoms with Crippen LogP contribution in [0.15, 0.2) is 24.3 Å². The number of hydrogen-bond donors (Lipinski definition) is 2. The fourth-order valence-corrected chi connectivity index (χ4v) is 2.90. The van der Waals surface area contributed by atoms with Crippen LogP contribution >= 0.6 is 11.5 Å². The highest BCUT2D eigenvalue weighted by molar-refractivity contribution is 7.13. The van der Waals surface area contributed by atoms with Crippen molar-refractivity contribution in [2.45, 2.75) is 6.42 Å². The molecule has 3 nitrogen and oxygen atoms in total. The van der Waals surface area contributed by atoms with Crippen molar-refractivity contribution in [3.63, 3.8) is 0 Å². The van der Waals surface area contributed by atoms with Gasteiger partial charge >= 0.3 is 0 Å². The Bertz CT molecular complexity index is 474. The Balaban J connectivity index is 1.73. The average Bonchev–Trinajstić information content (AvgIpc) is 2.96. The largest absolute Gasteiger partial charge is 0.368 e. The Kier molecular flexibility index (Phi) is 2.76. The summed E-state index contributed by atoms with van der Waals surface area (Å²) in [5.74, 6) is 1.80. The monoisotopic (exact) mass is 233 g/mol. The molecular formula is C12H15N3S. The molecule has 84 valence electrons. The molecule has 2 N–H and O–H groups in total. The SMILES string of the molecule is c1ccc2c(NCC3CCNC3)nsc2c1. The first-order valence-corrected chi connectivity index (χ1v) is 6.50. The van der Waals surface area contributed by atoms with Crippen LogP contribution in [0.25, 0.3) is 10.1 Å². The van der Waals surface area contributed by atoms with Gasteiger partial charge in [-0.25, -0.2) is 0 Å². The van der Waals surface area contributed by atoms with Crippen LogP contribution in [-0.4, -0.2) is 24.0 Å². The molecule has 1 atom stereocenters. The van der Waals surface area contributed by atoms with Gasteiger partial charge in [0.05, 0.1) is 4.70 Å². The van der Waals surface area contributed by atoms with E-state index in [0.29, 0.717) is 0 Å². The van der Waals surface area contributed by atoms with E-state index in [1.807, 2.05) is 0 Å². The number of hydrogen-bond acceptors (Lipinski definition) is 4. The van der Waals surface area contributed by atoms with Gasteiger partial charge in [-0.1, -0.05) is 12.1 Å². The van der Waals surface area contributed by atoms with E-state index in [9.17, 15) is 0 Å². The van der Waals surface area contributed by atoms with Gasteiger partial charge < -0.3 is 10.6 Å². The fourth-order valence-electron chi connectivity index (χ4n) is 2.14. The Morgan fingerprint density at radius 1 is 1.44 bits per heavy atom. The molecule has 1 saturated heterocycles. The Morgan fingerprint density at radius 2 is 2.38 bits per heavy atom. The zero-order valence-corrected chi connectivity index (χ0v) is 9.89. The molecule has 1 aliphatic rings. The average molecular weight is 233 g/mol. The van der Waals surface area contributed by atoms with E-state index in [0.717, 1.165) is 31.4 Å². The summed E-state index contributed by atoms with van der Waals surface area (Å²) < 4.78 is 5.73. The lowest BCUT2D eigenvalue weighted by molar-refractivity contribution is 0.615. The maximum Gasteiger partial charge on any atom is 0.147 e. The maximum absolute atomic E-state index is 4.47. The lowest BCUT2D eigenvalue weighted by Crippen LogP contribution is -2.17. The zero-order chi connectivity index (χ0) is 10.8. The molecule has 1 aromatic heterocycles. The number of anilines is 1. The summed E-state index contributed by atoms with van der Waals surface area (Å²) in [4.78, 5) is 0. The van der Waals surface area contributed by atoms with E-state index < -0.39 is 0 Å². The van der Waals surface area contributed by atoms with E-state index in [2.05, 4.69) is 39.3 Å². The first kappa shape index (κ1) is 10.1. The van der Waals surface area contributed by atoms with Crippen LogP contribution in [0.4, 0.5) is 5.82 Å². The number of rotatable bonds is 3. The summed E-state index contributed by atoms with van der Waals surface area (Å²) in [6.07, 6.45) is 1.27. The summed E-state index contributed by atoms with van der Waals surface area (Å²) >= 11 is 1.57. The van der Waals surface area contributed by atoms with E-state index in [4.69, 9.17) is 0 Å². The number of nitrogens with one attached hydrogen (secondary N) is 2.